The van der Waals surface area contributed by atoms with Crippen molar-refractivity contribution < 1.29 is 2.74 Å². The molecule has 0 bridgehead atoms. The zero-order valence-electron chi connectivity index (χ0n) is 20.2. The molecule has 31 heavy (non-hydrogen) atoms. The van der Waals surface area contributed by atoms with Crippen LogP contribution in [0.3, 0.4) is 0 Å². The van der Waals surface area contributed by atoms with Gasteiger partial charge in [0.2, 0.25) is 0 Å². The predicted molar refractivity (Wildman–Crippen MR) is 133 cm³/mol. The maximum absolute atomic E-state index is 8.52. The minimum atomic E-state index is -1.41. The van der Waals surface area contributed by atoms with Gasteiger partial charge in [0.25, 0.3) is 0 Å². The number of hydrogen-bond donors (Lipinski definition) is 0. The van der Waals surface area contributed by atoms with E-state index in [4.69, 9.17) is 2.74 Å². The fraction of sp³-hybridized carbons (Fsp3) is 0.167. The molecule has 0 aliphatic rings. The van der Waals surface area contributed by atoms with Crippen LogP contribution in [0.25, 0.3) is 43.9 Å². The Hall–Kier alpha value is -3.45. The second-order valence-corrected chi connectivity index (χ2v) is 8.40. The summed E-state index contributed by atoms with van der Waals surface area (Å²) < 4.78 is 17.0. The molecule has 0 atom stereocenters. The molecule has 1 aromatic heterocycles. The predicted octanol–water partition coefficient (Wildman–Crippen LogP) is 8.23. The SMILES string of the molecule is [2H]C([2H])(c1ccnc(-c2ccc3c(c2)c(-c2ccccc2)c(C)c2ccccc23)c1)C(C)C. The maximum Gasteiger partial charge on any atom is 0.0704 e. The lowest BCUT2D eigenvalue weighted by molar-refractivity contribution is 0.647. The van der Waals surface area contributed by atoms with Crippen LogP contribution < -0.4 is 0 Å². The molecule has 0 radical (unpaired) electrons. The van der Waals surface area contributed by atoms with Crippen molar-refractivity contribution in [3.05, 3.63) is 102 Å². The van der Waals surface area contributed by atoms with Crippen LogP contribution in [-0.2, 0) is 6.37 Å². The highest BCUT2D eigenvalue weighted by atomic mass is 14.7. The van der Waals surface area contributed by atoms with Crippen molar-refractivity contribution in [3.63, 3.8) is 0 Å². The third-order valence-electron chi connectivity index (χ3n) is 5.86. The zero-order chi connectivity index (χ0) is 23.2. The molecule has 1 heterocycles. The average molecular weight is 404 g/mol. The summed E-state index contributed by atoms with van der Waals surface area (Å²) in [5, 5.41) is 4.91. The van der Waals surface area contributed by atoms with Crippen LogP contribution in [0.5, 0.6) is 0 Å². The van der Waals surface area contributed by atoms with Crippen LogP contribution in [-0.4, -0.2) is 4.98 Å². The summed E-state index contributed by atoms with van der Waals surface area (Å²) in [6, 6.07) is 29.3. The number of fused-ring (bicyclic) bond motifs is 3. The summed E-state index contributed by atoms with van der Waals surface area (Å²) in [5.74, 6) is -0.122. The molecule has 152 valence electrons. The van der Waals surface area contributed by atoms with Crippen molar-refractivity contribution in [1.29, 1.82) is 0 Å². The molecular formula is C30H27N. The topological polar surface area (TPSA) is 12.9 Å². The Morgan fingerprint density at radius 2 is 1.45 bits per heavy atom. The average Bonchev–Trinajstić information content (AvgIpc) is 2.84. The van der Waals surface area contributed by atoms with Crippen LogP contribution in [0, 0.1) is 12.8 Å². The zero-order valence-corrected chi connectivity index (χ0v) is 18.2. The van der Waals surface area contributed by atoms with Crippen molar-refractivity contribution in [3.8, 4) is 22.4 Å². The Bertz CT molecular complexity index is 1470. The van der Waals surface area contributed by atoms with E-state index in [9.17, 15) is 0 Å². The molecule has 1 nitrogen and oxygen atoms in total. The van der Waals surface area contributed by atoms with E-state index in [2.05, 4.69) is 78.6 Å². The number of benzene rings is 4. The Morgan fingerprint density at radius 3 is 2.23 bits per heavy atom. The van der Waals surface area contributed by atoms with E-state index in [1.54, 1.807) is 12.3 Å². The van der Waals surface area contributed by atoms with Crippen molar-refractivity contribution in [2.45, 2.75) is 27.1 Å². The van der Waals surface area contributed by atoms with Gasteiger partial charge < -0.3 is 0 Å². The van der Waals surface area contributed by atoms with E-state index in [0.29, 0.717) is 5.56 Å². The standard InChI is InChI=1S/C30H27N/c1-20(2)17-22-15-16-31-29(18-22)24-13-14-27-26-12-8-7-11-25(26)21(3)30(28(27)19-24)23-9-5-4-6-10-23/h4-16,18-20H,17H2,1-3H3/i17D2. The van der Waals surface area contributed by atoms with Crippen molar-refractivity contribution in [2.24, 2.45) is 5.92 Å². The minimum absolute atomic E-state index is 0.122. The fourth-order valence-corrected chi connectivity index (χ4v) is 4.52. The first-order chi connectivity index (χ1) is 15.9. The highest BCUT2D eigenvalue weighted by Crippen LogP contribution is 2.40. The third kappa shape index (κ3) is 3.61. The lowest BCUT2D eigenvalue weighted by Gasteiger charge is -2.16. The van der Waals surface area contributed by atoms with Crippen molar-refractivity contribution in [2.75, 3.05) is 0 Å². The van der Waals surface area contributed by atoms with Crippen LogP contribution in [0.2, 0.25) is 0 Å². The van der Waals surface area contributed by atoms with Gasteiger partial charge in [-0.25, -0.2) is 0 Å². The van der Waals surface area contributed by atoms with Crippen LogP contribution >= 0.6 is 0 Å². The lowest BCUT2D eigenvalue weighted by atomic mass is 9.87. The molecular weight excluding hydrogens is 374 g/mol. The van der Waals surface area contributed by atoms with Gasteiger partial charge in [0, 0.05) is 14.5 Å². The molecule has 0 fully saturated rings. The summed E-state index contributed by atoms with van der Waals surface area (Å²) in [6.07, 6.45) is 0.315. The third-order valence-corrected chi connectivity index (χ3v) is 5.86. The quantitative estimate of drug-likeness (QED) is 0.275. The highest BCUT2D eigenvalue weighted by molar-refractivity contribution is 6.16. The molecule has 0 aliphatic heterocycles. The Morgan fingerprint density at radius 1 is 0.742 bits per heavy atom. The number of aromatic nitrogens is 1. The summed E-state index contributed by atoms with van der Waals surface area (Å²) in [4.78, 5) is 4.61. The first-order valence-electron chi connectivity index (χ1n) is 11.9. The molecule has 0 amide bonds. The van der Waals surface area contributed by atoms with Crippen molar-refractivity contribution in [1.82, 2.24) is 4.98 Å². The lowest BCUT2D eigenvalue weighted by Crippen LogP contribution is -1.95. The van der Waals surface area contributed by atoms with Gasteiger partial charge in [0.15, 0.2) is 0 Å². The normalized spacial score (nSPS) is 12.9. The molecule has 4 aromatic carbocycles. The number of aryl methyl sites for hydroxylation is 1. The van der Waals surface area contributed by atoms with Gasteiger partial charge in [0.05, 0.1) is 5.69 Å². The van der Waals surface area contributed by atoms with Gasteiger partial charge in [-0.2, -0.15) is 0 Å². The molecule has 0 unspecified atom stereocenters. The van der Waals surface area contributed by atoms with E-state index in [0.717, 1.165) is 11.3 Å². The Kier molecular flexibility index (Phi) is 4.45. The van der Waals surface area contributed by atoms with E-state index in [1.807, 2.05) is 26.0 Å². The molecule has 0 spiro atoms. The van der Waals surface area contributed by atoms with Crippen LogP contribution in [0.15, 0.2) is 91.1 Å². The van der Waals surface area contributed by atoms with Gasteiger partial charge in [-0.15, -0.1) is 0 Å². The van der Waals surface area contributed by atoms with E-state index < -0.39 is 6.37 Å². The van der Waals surface area contributed by atoms with E-state index in [1.165, 1.54) is 38.2 Å². The summed E-state index contributed by atoms with van der Waals surface area (Å²) in [5.41, 5.74) is 6.15. The fourth-order valence-electron chi connectivity index (χ4n) is 4.52. The first kappa shape index (κ1) is 17.3. The summed E-state index contributed by atoms with van der Waals surface area (Å²) in [7, 11) is 0. The van der Waals surface area contributed by atoms with Gasteiger partial charge in [-0.3, -0.25) is 4.98 Å². The Balaban J connectivity index is 1.79. The maximum atomic E-state index is 8.52. The first-order valence-corrected chi connectivity index (χ1v) is 10.9. The Labute approximate surface area is 187 Å². The molecule has 0 saturated heterocycles. The minimum Gasteiger partial charge on any atom is -0.256 e. The molecule has 0 saturated carbocycles. The van der Waals surface area contributed by atoms with Gasteiger partial charge in [-0.05, 0) is 81.2 Å². The number of pyridine rings is 1. The van der Waals surface area contributed by atoms with Crippen LogP contribution in [0.1, 0.15) is 27.7 Å². The summed E-state index contributed by atoms with van der Waals surface area (Å²) in [6.45, 7) is 6.03. The van der Waals surface area contributed by atoms with Gasteiger partial charge in [-0.1, -0.05) is 80.6 Å². The molecule has 5 rings (SSSR count). The van der Waals surface area contributed by atoms with E-state index in [-0.39, 0.29) is 5.92 Å². The molecule has 0 aliphatic carbocycles. The smallest absolute Gasteiger partial charge is 0.0704 e. The van der Waals surface area contributed by atoms with Gasteiger partial charge >= 0.3 is 0 Å². The number of nitrogens with zero attached hydrogens (tertiary/aromatic N) is 1. The molecule has 0 N–H and O–H groups in total. The number of rotatable bonds is 4. The molecule has 1 heteroatoms. The molecule has 5 aromatic rings. The largest absolute Gasteiger partial charge is 0.256 e. The van der Waals surface area contributed by atoms with Crippen molar-refractivity contribution >= 4 is 21.5 Å². The van der Waals surface area contributed by atoms with Gasteiger partial charge in [0.1, 0.15) is 0 Å². The second-order valence-electron chi connectivity index (χ2n) is 8.40. The monoisotopic (exact) mass is 403 g/mol. The number of hydrogen-bond acceptors (Lipinski definition) is 1. The highest BCUT2D eigenvalue weighted by Gasteiger charge is 2.14. The van der Waals surface area contributed by atoms with Crippen LogP contribution in [0.4, 0.5) is 0 Å². The van der Waals surface area contributed by atoms with E-state index >= 15 is 0 Å². The summed E-state index contributed by atoms with van der Waals surface area (Å²) >= 11 is 0. The second kappa shape index (κ2) is 8.00.